The first kappa shape index (κ1) is 21.3. The molecule has 170 valence electrons. The predicted octanol–water partition coefficient (Wildman–Crippen LogP) is 2.97. The van der Waals surface area contributed by atoms with E-state index in [1.54, 1.807) is 52.7 Å². The van der Waals surface area contributed by atoms with E-state index in [9.17, 15) is 14.0 Å². The van der Waals surface area contributed by atoms with Crippen LogP contribution < -0.4 is 10.9 Å². The first-order chi connectivity index (χ1) is 16.0. The molecule has 4 aromatic rings. The summed E-state index contributed by atoms with van der Waals surface area (Å²) in [6, 6.07) is 13.8. The maximum absolute atomic E-state index is 13.4. The van der Waals surface area contributed by atoms with Gasteiger partial charge in [-0.05, 0) is 73.8 Å². The van der Waals surface area contributed by atoms with E-state index in [1.165, 1.54) is 6.07 Å². The standard InChI is InChI=1S/C25H26FN5O2/c1-29-23-14-19(5-6-21(23)31-22(25(29)33)7-10-28-31)24(32)27-15-17-8-11-30(12-9-17)16-18-3-2-4-20(26)13-18/h2-7,10,13-14,17H,8-9,11-12,15-16H2,1H3,(H,27,32). The molecule has 0 unspecified atom stereocenters. The van der Waals surface area contributed by atoms with Gasteiger partial charge in [0.2, 0.25) is 0 Å². The Hall–Kier alpha value is -3.52. The van der Waals surface area contributed by atoms with E-state index >= 15 is 0 Å². The molecule has 33 heavy (non-hydrogen) atoms. The van der Waals surface area contributed by atoms with Crippen LogP contribution in [0.1, 0.15) is 28.8 Å². The number of benzene rings is 2. The number of carbonyl (C=O) groups excluding carboxylic acids is 1. The molecule has 1 saturated heterocycles. The molecule has 1 fully saturated rings. The Kier molecular flexibility index (Phi) is 5.68. The van der Waals surface area contributed by atoms with E-state index in [0.717, 1.165) is 43.6 Å². The Labute approximate surface area is 190 Å². The number of rotatable bonds is 5. The fourth-order valence-electron chi connectivity index (χ4n) is 4.63. The molecule has 7 nitrogen and oxygen atoms in total. The Morgan fingerprint density at radius 2 is 1.91 bits per heavy atom. The molecule has 0 aliphatic carbocycles. The van der Waals surface area contributed by atoms with Gasteiger partial charge in [0.25, 0.3) is 11.5 Å². The SMILES string of the molecule is Cn1c(=O)c2ccnn2c2ccc(C(=O)NCC3CCN(Cc4cccc(F)c4)CC3)cc21. The number of amides is 1. The molecule has 0 atom stereocenters. The van der Waals surface area contributed by atoms with Gasteiger partial charge in [0, 0.05) is 25.7 Å². The van der Waals surface area contributed by atoms with Crippen LogP contribution in [0.3, 0.4) is 0 Å². The molecule has 0 spiro atoms. The van der Waals surface area contributed by atoms with Gasteiger partial charge in [-0.3, -0.25) is 14.5 Å². The first-order valence-electron chi connectivity index (χ1n) is 11.2. The number of hydrogen-bond donors (Lipinski definition) is 1. The zero-order valence-electron chi connectivity index (χ0n) is 18.5. The minimum absolute atomic E-state index is 0.146. The number of nitrogens with zero attached hydrogens (tertiary/aromatic N) is 4. The second kappa shape index (κ2) is 8.78. The number of carbonyl (C=O) groups is 1. The summed E-state index contributed by atoms with van der Waals surface area (Å²) >= 11 is 0. The van der Waals surface area contributed by atoms with E-state index in [2.05, 4.69) is 15.3 Å². The average molecular weight is 448 g/mol. The number of likely N-dealkylation sites (tertiary alicyclic amines) is 1. The van der Waals surface area contributed by atoms with Gasteiger partial charge in [0.05, 0.1) is 17.2 Å². The predicted molar refractivity (Wildman–Crippen MR) is 125 cm³/mol. The van der Waals surface area contributed by atoms with Crippen molar-refractivity contribution in [1.29, 1.82) is 0 Å². The normalized spacial score (nSPS) is 15.3. The maximum atomic E-state index is 13.4. The first-order valence-corrected chi connectivity index (χ1v) is 11.2. The lowest BCUT2D eigenvalue weighted by Gasteiger charge is -2.32. The van der Waals surface area contributed by atoms with Gasteiger partial charge in [-0.25, -0.2) is 8.91 Å². The Morgan fingerprint density at radius 1 is 1.09 bits per heavy atom. The van der Waals surface area contributed by atoms with Gasteiger partial charge in [-0.1, -0.05) is 12.1 Å². The van der Waals surface area contributed by atoms with Crippen LogP contribution in [-0.4, -0.2) is 44.6 Å². The number of halogens is 1. The second-order valence-corrected chi connectivity index (χ2v) is 8.76. The van der Waals surface area contributed by atoms with E-state index in [4.69, 9.17) is 0 Å². The molecule has 2 aromatic heterocycles. The van der Waals surface area contributed by atoms with Crippen molar-refractivity contribution in [3.8, 4) is 0 Å². The van der Waals surface area contributed by atoms with Crippen LogP contribution in [0.2, 0.25) is 0 Å². The third kappa shape index (κ3) is 4.26. The van der Waals surface area contributed by atoms with Crippen molar-refractivity contribution in [2.75, 3.05) is 19.6 Å². The minimum Gasteiger partial charge on any atom is -0.352 e. The van der Waals surface area contributed by atoms with Gasteiger partial charge < -0.3 is 9.88 Å². The number of hydrogen-bond acceptors (Lipinski definition) is 4. The van der Waals surface area contributed by atoms with Gasteiger partial charge in [0.15, 0.2) is 0 Å². The molecule has 1 amide bonds. The fraction of sp³-hybridized carbons (Fsp3) is 0.320. The lowest BCUT2D eigenvalue weighted by atomic mass is 9.96. The van der Waals surface area contributed by atoms with Crippen molar-refractivity contribution in [2.24, 2.45) is 13.0 Å². The number of aryl methyl sites for hydroxylation is 1. The molecule has 1 N–H and O–H groups in total. The van der Waals surface area contributed by atoms with Gasteiger partial charge >= 0.3 is 0 Å². The summed E-state index contributed by atoms with van der Waals surface area (Å²) in [4.78, 5) is 27.7. The van der Waals surface area contributed by atoms with E-state index in [-0.39, 0.29) is 17.3 Å². The van der Waals surface area contributed by atoms with Crippen molar-refractivity contribution in [2.45, 2.75) is 19.4 Å². The van der Waals surface area contributed by atoms with Gasteiger partial charge in [-0.15, -0.1) is 0 Å². The molecule has 1 aliphatic rings. The zero-order chi connectivity index (χ0) is 22.9. The number of piperidine rings is 1. The molecule has 0 radical (unpaired) electrons. The molecule has 0 saturated carbocycles. The maximum Gasteiger partial charge on any atom is 0.276 e. The smallest absolute Gasteiger partial charge is 0.276 e. The fourth-order valence-corrected chi connectivity index (χ4v) is 4.63. The average Bonchev–Trinajstić information content (AvgIpc) is 3.32. The van der Waals surface area contributed by atoms with Crippen LogP contribution in [0.25, 0.3) is 16.6 Å². The van der Waals surface area contributed by atoms with Crippen molar-refractivity contribution in [3.05, 3.63) is 82.0 Å². The Morgan fingerprint density at radius 3 is 2.70 bits per heavy atom. The monoisotopic (exact) mass is 447 g/mol. The van der Waals surface area contributed by atoms with E-state index in [0.29, 0.717) is 29.1 Å². The van der Waals surface area contributed by atoms with Crippen LogP contribution in [0, 0.1) is 11.7 Å². The van der Waals surface area contributed by atoms with Crippen molar-refractivity contribution in [3.63, 3.8) is 0 Å². The highest BCUT2D eigenvalue weighted by atomic mass is 19.1. The highest BCUT2D eigenvalue weighted by Gasteiger charge is 2.20. The molecular weight excluding hydrogens is 421 g/mol. The summed E-state index contributed by atoms with van der Waals surface area (Å²) in [5.41, 5.74) is 3.30. The zero-order valence-corrected chi connectivity index (χ0v) is 18.5. The highest BCUT2D eigenvalue weighted by molar-refractivity contribution is 5.97. The lowest BCUT2D eigenvalue weighted by molar-refractivity contribution is 0.0935. The topological polar surface area (TPSA) is 71.6 Å². The van der Waals surface area contributed by atoms with E-state index in [1.807, 2.05) is 12.1 Å². The van der Waals surface area contributed by atoms with Gasteiger partial charge in [0.1, 0.15) is 11.3 Å². The van der Waals surface area contributed by atoms with Crippen molar-refractivity contribution in [1.82, 2.24) is 24.4 Å². The second-order valence-electron chi connectivity index (χ2n) is 8.76. The summed E-state index contributed by atoms with van der Waals surface area (Å²) in [5, 5.41) is 7.29. The number of aromatic nitrogens is 3. The molecule has 3 heterocycles. The third-order valence-corrected chi connectivity index (χ3v) is 6.55. The molecule has 8 heteroatoms. The summed E-state index contributed by atoms with van der Waals surface area (Å²) in [6.45, 7) is 3.21. The summed E-state index contributed by atoms with van der Waals surface area (Å²) in [6.07, 6.45) is 3.57. The van der Waals surface area contributed by atoms with Crippen LogP contribution in [0.4, 0.5) is 4.39 Å². The molecule has 5 rings (SSSR count). The molecule has 1 aliphatic heterocycles. The highest BCUT2D eigenvalue weighted by Crippen LogP contribution is 2.20. The van der Waals surface area contributed by atoms with Crippen LogP contribution in [-0.2, 0) is 13.6 Å². The number of nitrogens with one attached hydrogen (secondary N) is 1. The molecule has 0 bridgehead atoms. The molecule has 2 aromatic carbocycles. The van der Waals surface area contributed by atoms with Crippen molar-refractivity contribution >= 4 is 22.5 Å². The van der Waals surface area contributed by atoms with Crippen LogP contribution in [0.5, 0.6) is 0 Å². The van der Waals surface area contributed by atoms with E-state index < -0.39 is 0 Å². The minimum atomic E-state index is -0.201. The van der Waals surface area contributed by atoms with Crippen LogP contribution in [0.15, 0.2) is 59.5 Å². The Bertz CT molecular complexity index is 1380. The largest absolute Gasteiger partial charge is 0.352 e. The summed E-state index contributed by atoms with van der Waals surface area (Å²) in [7, 11) is 1.71. The quantitative estimate of drug-likeness (QED) is 0.511. The molecular formula is C25H26FN5O2. The van der Waals surface area contributed by atoms with Crippen molar-refractivity contribution < 1.29 is 9.18 Å². The summed E-state index contributed by atoms with van der Waals surface area (Å²) in [5.74, 6) is 0.0613. The van der Waals surface area contributed by atoms with Gasteiger partial charge in [-0.2, -0.15) is 5.10 Å². The third-order valence-electron chi connectivity index (χ3n) is 6.55. The van der Waals surface area contributed by atoms with Crippen LogP contribution >= 0.6 is 0 Å². The lowest BCUT2D eigenvalue weighted by Crippen LogP contribution is -2.38. The summed E-state index contributed by atoms with van der Waals surface area (Å²) < 4.78 is 16.6. The Balaban J connectivity index is 1.20. The number of fused-ring (bicyclic) bond motifs is 3.